The number of halogens is 1. The zero-order valence-electron chi connectivity index (χ0n) is 15.1. The van der Waals surface area contributed by atoms with Crippen LogP contribution in [0.1, 0.15) is 33.2 Å². The summed E-state index contributed by atoms with van der Waals surface area (Å²) in [6, 6.07) is -0.888. The average molecular weight is 411 g/mol. The first kappa shape index (κ1) is 19.7. The number of aromatic nitrogens is 4. The molecule has 4 atom stereocenters. The molecule has 9 nitrogen and oxygen atoms in total. The number of imidazole rings is 1. The first-order valence-corrected chi connectivity index (χ1v) is 10.1. The van der Waals surface area contributed by atoms with Crippen molar-refractivity contribution in [2.24, 2.45) is 4.74 Å². The Morgan fingerprint density at radius 1 is 1.44 bits per heavy atom. The number of esters is 1. The monoisotopic (exact) mass is 410 g/mol. The van der Waals surface area contributed by atoms with E-state index in [0.29, 0.717) is 17.6 Å². The van der Waals surface area contributed by atoms with E-state index in [-0.39, 0.29) is 28.9 Å². The number of nitrogens with zero attached hydrogens (tertiary/aromatic N) is 5. The van der Waals surface area contributed by atoms with Gasteiger partial charge >= 0.3 is 5.97 Å². The van der Waals surface area contributed by atoms with Gasteiger partial charge in [0, 0.05) is 6.42 Å². The predicted molar refractivity (Wildman–Crippen MR) is 101 cm³/mol. The van der Waals surface area contributed by atoms with Crippen molar-refractivity contribution < 1.29 is 14.4 Å². The number of carbonyl (C=O) groups excluding carboxylic acids is 1. The minimum Gasteiger partial charge on any atom is -0.612 e. The summed E-state index contributed by atoms with van der Waals surface area (Å²) in [4.78, 5) is 36.7. The van der Waals surface area contributed by atoms with Crippen molar-refractivity contribution in [1.82, 2.24) is 19.5 Å². The molecule has 0 radical (unpaired) electrons. The lowest BCUT2D eigenvalue weighted by Gasteiger charge is -2.13. The summed E-state index contributed by atoms with van der Waals surface area (Å²) in [6.45, 7) is 5.10. The molecule has 0 aromatic carbocycles. The molecule has 27 heavy (non-hydrogen) atoms. The standard InChI is InChI=1S/C16H20ClN6O3P/c1-8(2)26-15(24)9(3)22-27(25)11-5-4-10(6-11)23-7-19-12-13(17)20-16(18)21-14(12)23/h4-5,7-11H,6H2,1-3H3,(H2,18,20,21)/t9?,10-,11+/m0/s1. The molecule has 144 valence electrons. The van der Waals surface area contributed by atoms with Crippen LogP contribution in [0.15, 0.2) is 23.2 Å². The van der Waals surface area contributed by atoms with Crippen LogP contribution in [-0.4, -0.2) is 43.3 Å². The Kier molecular flexibility index (Phi) is 5.74. The van der Waals surface area contributed by atoms with Crippen LogP contribution in [0.4, 0.5) is 5.95 Å². The molecule has 2 N–H and O–H groups in total. The Balaban J connectivity index is 1.75. The van der Waals surface area contributed by atoms with Gasteiger partial charge in [0.25, 0.3) is 0 Å². The maximum atomic E-state index is 12.6. The van der Waals surface area contributed by atoms with E-state index in [1.807, 2.05) is 16.7 Å². The summed E-state index contributed by atoms with van der Waals surface area (Å²) in [7, 11) is -1.97. The van der Waals surface area contributed by atoms with Gasteiger partial charge in [-0.3, -0.25) is 0 Å². The lowest BCUT2D eigenvalue weighted by Crippen LogP contribution is -2.22. The zero-order valence-corrected chi connectivity index (χ0v) is 16.8. The van der Waals surface area contributed by atoms with Gasteiger partial charge in [-0.05, 0) is 26.8 Å². The number of nitrogens with two attached hydrogens (primary N) is 1. The van der Waals surface area contributed by atoms with Crippen molar-refractivity contribution in [1.29, 1.82) is 0 Å². The van der Waals surface area contributed by atoms with Gasteiger partial charge in [-0.2, -0.15) is 9.97 Å². The van der Waals surface area contributed by atoms with Crippen molar-refractivity contribution >= 4 is 42.6 Å². The number of nitrogen functional groups attached to an aromatic ring is 1. The third kappa shape index (κ3) is 4.26. The van der Waals surface area contributed by atoms with Gasteiger partial charge in [0.1, 0.15) is 5.52 Å². The summed E-state index contributed by atoms with van der Waals surface area (Å²) < 4.78 is 11.0. The molecule has 2 aromatic rings. The normalized spacial score (nSPS) is 21.2. The number of fused-ring (bicyclic) bond motifs is 1. The van der Waals surface area contributed by atoms with Crippen LogP contribution in [0.3, 0.4) is 0 Å². The predicted octanol–water partition coefficient (Wildman–Crippen LogP) is 2.21. The summed E-state index contributed by atoms with van der Waals surface area (Å²) >= 11 is 6.05. The Hall–Kier alpha value is -2.09. The number of hydrogen-bond donors (Lipinski definition) is 1. The fourth-order valence-corrected chi connectivity index (χ4v) is 4.28. The van der Waals surface area contributed by atoms with E-state index in [2.05, 4.69) is 19.7 Å². The zero-order chi connectivity index (χ0) is 19.7. The molecule has 0 saturated carbocycles. The van der Waals surface area contributed by atoms with Crippen LogP contribution >= 0.6 is 19.5 Å². The number of allylic oxidation sites excluding steroid dienone is 2. The molecule has 1 aliphatic rings. The van der Waals surface area contributed by atoms with Gasteiger partial charge in [-0.25, -0.2) is 9.78 Å². The summed E-state index contributed by atoms with van der Waals surface area (Å²) in [6.07, 6.45) is 5.66. The van der Waals surface area contributed by atoms with Crippen LogP contribution in [0.5, 0.6) is 0 Å². The number of ether oxygens (including phenoxy) is 1. The quantitative estimate of drug-likeness (QED) is 0.346. The van der Waals surface area contributed by atoms with Crippen molar-refractivity contribution in [2.45, 2.75) is 51.0 Å². The molecule has 0 amide bonds. The smallest absolute Gasteiger partial charge is 0.334 e. The molecular formula is C16H20ClN6O3P. The van der Waals surface area contributed by atoms with Crippen molar-refractivity contribution in [3.8, 4) is 0 Å². The Labute approximate surface area is 162 Å². The van der Waals surface area contributed by atoms with E-state index in [1.54, 1.807) is 27.1 Å². The SMILES string of the molecule is CC(C)OC(=O)C(C)N=[P+]([O-])[C@@H]1C=C[C@H](n2cnc3c(Cl)nc(N)nc32)C1. The second-order valence-corrected chi connectivity index (χ2v) is 8.39. The Bertz CT molecular complexity index is 928. The van der Waals surface area contributed by atoms with Gasteiger partial charge in [-0.1, -0.05) is 22.4 Å². The lowest BCUT2D eigenvalue weighted by molar-refractivity contribution is -0.159. The molecule has 0 bridgehead atoms. The van der Waals surface area contributed by atoms with Crippen molar-refractivity contribution in [2.75, 3.05) is 5.73 Å². The highest BCUT2D eigenvalue weighted by Gasteiger charge is 2.30. The Morgan fingerprint density at radius 2 is 2.19 bits per heavy atom. The molecule has 2 unspecified atom stereocenters. The van der Waals surface area contributed by atoms with Crippen molar-refractivity contribution in [3.05, 3.63) is 23.6 Å². The first-order chi connectivity index (χ1) is 12.8. The molecule has 11 heteroatoms. The first-order valence-electron chi connectivity index (χ1n) is 8.47. The van der Waals surface area contributed by atoms with Gasteiger partial charge < -0.3 is 19.9 Å². The molecule has 0 aliphatic heterocycles. The van der Waals surface area contributed by atoms with Gasteiger partial charge in [0.05, 0.1) is 18.5 Å². The second-order valence-electron chi connectivity index (χ2n) is 6.53. The Morgan fingerprint density at radius 3 is 2.89 bits per heavy atom. The summed E-state index contributed by atoms with van der Waals surface area (Å²) in [5, 5.41) is 0.188. The number of rotatable bonds is 5. The van der Waals surface area contributed by atoms with E-state index < -0.39 is 20.0 Å². The fourth-order valence-electron chi connectivity index (χ4n) is 2.81. The highest BCUT2D eigenvalue weighted by molar-refractivity contribution is 7.40. The van der Waals surface area contributed by atoms with Crippen LogP contribution in [-0.2, 0) is 9.53 Å². The molecule has 3 rings (SSSR count). The van der Waals surface area contributed by atoms with Gasteiger partial charge in [-0.15, -0.1) is 0 Å². The minimum atomic E-state index is -1.97. The van der Waals surface area contributed by atoms with Crippen LogP contribution in [0.2, 0.25) is 5.15 Å². The molecule has 0 fully saturated rings. The van der Waals surface area contributed by atoms with Crippen LogP contribution in [0, 0.1) is 0 Å². The fraction of sp³-hybridized carbons (Fsp3) is 0.500. The maximum absolute atomic E-state index is 12.6. The topological polar surface area (TPSA) is 131 Å². The van der Waals surface area contributed by atoms with E-state index in [1.165, 1.54) is 0 Å². The average Bonchev–Trinajstić information content (AvgIpc) is 3.20. The lowest BCUT2D eigenvalue weighted by atomic mass is 10.2. The number of hydrogen-bond acceptors (Lipinski definition) is 8. The minimum absolute atomic E-state index is 0.0614. The molecule has 1 aliphatic carbocycles. The van der Waals surface area contributed by atoms with Crippen LogP contribution < -0.4 is 10.6 Å². The third-order valence-corrected chi connectivity index (χ3v) is 5.84. The molecule has 0 spiro atoms. The second kappa shape index (κ2) is 7.88. The number of carbonyl (C=O) groups is 1. The highest BCUT2D eigenvalue weighted by Crippen LogP contribution is 2.38. The number of anilines is 1. The van der Waals surface area contributed by atoms with E-state index in [4.69, 9.17) is 22.1 Å². The largest absolute Gasteiger partial charge is 0.612 e. The highest BCUT2D eigenvalue weighted by atomic mass is 35.5. The van der Waals surface area contributed by atoms with E-state index >= 15 is 0 Å². The third-order valence-electron chi connectivity index (χ3n) is 4.06. The summed E-state index contributed by atoms with van der Waals surface area (Å²) in [5.74, 6) is -0.416. The molecule has 2 aromatic heterocycles. The molecular weight excluding hydrogens is 391 g/mol. The maximum Gasteiger partial charge on any atom is 0.334 e. The van der Waals surface area contributed by atoms with Gasteiger partial charge in [0.2, 0.25) is 5.95 Å². The van der Waals surface area contributed by atoms with Gasteiger partial charge in [0.15, 0.2) is 30.4 Å². The molecule has 2 heterocycles. The van der Waals surface area contributed by atoms with E-state index in [0.717, 1.165) is 0 Å². The van der Waals surface area contributed by atoms with E-state index in [9.17, 15) is 9.69 Å². The van der Waals surface area contributed by atoms with Crippen LogP contribution in [0.25, 0.3) is 11.2 Å². The van der Waals surface area contributed by atoms with Crippen molar-refractivity contribution in [3.63, 3.8) is 0 Å². The molecule has 0 saturated heterocycles. The summed E-state index contributed by atoms with van der Waals surface area (Å²) in [5.41, 5.74) is 6.36.